The van der Waals surface area contributed by atoms with E-state index in [0.717, 1.165) is 24.2 Å². The highest BCUT2D eigenvalue weighted by Gasteiger charge is 2.29. The molecule has 1 amide bonds. The Labute approximate surface area is 131 Å². The topological polar surface area (TPSA) is 46.9 Å². The van der Waals surface area contributed by atoms with Crippen LogP contribution in [0.3, 0.4) is 0 Å². The fourth-order valence-corrected chi connectivity index (χ4v) is 2.96. The Morgan fingerprint density at radius 2 is 2.23 bits per heavy atom. The molecule has 0 radical (unpaired) electrons. The molecule has 2 aliphatic heterocycles. The number of fused-ring (bicyclic) bond motifs is 1. The van der Waals surface area contributed by atoms with Gasteiger partial charge in [0, 0.05) is 30.8 Å². The van der Waals surface area contributed by atoms with E-state index in [0.29, 0.717) is 13.1 Å². The van der Waals surface area contributed by atoms with Gasteiger partial charge in [-0.3, -0.25) is 4.98 Å². The average molecular weight is 301 g/mol. The fraction of sp³-hybridized carbons (Fsp3) is 0.471. The van der Waals surface area contributed by atoms with E-state index in [4.69, 9.17) is 4.74 Å². The molecule has 5 nitrogen and oxygen atoms in total. The highest BCUT2D eigenvalue weighted by molar-refractivity contribution is 5.78. The van der Waals surface area contributed by atoms with Crippen LogP contribution in [0.2, 0.25) is 0 Å². The molecular weight excluding hydrogens is 278 g/mol. The zero-order chi connectivity index (χ0) is 15.9. The molecule has 3 rings (SSSR count). The molecule has 1 aromatic rings. The zero-order valence-electron chi connectivity index (χ0n) is 13.5. The number of amides is 1. The lowest BCUT2D eigenvalue weighted by molar-refractivity contribution is -0.775. The molecule has 0 aromatic carbocycles. The number of rotatable bonds is 1. The Morgan fingerprint density at radius 3 is 2.95 bits per heavy atom. The summed E-state index contributed by atoms with van der Waals surface area (Å²) in [5.74, 6) is 0. The van der Waals surface area contributed by atoms with E-state index in [1.807, 2.05) is 33.0 Å². The summed E-state index contributed by atoms with van der Waals surface area (Å²) in [5, 5.41) is 0. The number of nitrogens with one attached hydrogen (secondary N) is 1. The maximum absolute atomic E-state index is 12.2. The molecular formula is C17H23N3O2. The van der Waals surface area contributed by atoms with Gasteiger partial charge in [-0.15, -0.1) is 7.05 Å². The predicted octanol–water partition coefficient (Wildman–Crippen LogP) is 1.58. The summed E-state index contributed by atoms with van der Waals surface area (Å²) in [5.41, 5.74) is 4.15. The SMILES string of the molecule is [CH2-][NH+]1CCc2c1ccnc2C1=CCN(C(=O)OC(C)(C)C)C1. The molecule has 0 bridgehead atoms. The first-order chi connectivity index (χ1) is 10.3. The lowest BCUT2D eigenvalue weighted by Crippen LogP contribution is -3.00. The van der Waals surface area contributed by atoms with Crippen molar-refractivity contribution in [3.05, 3.63) is 36.6 Å². The largest absolute Gasteiger partial charge is 0.444 e. The van der Waals surface area contributed by atoms with Gasteiger partial charge in [-0.1, -0.05) is 6.08 Å². The molecule has 22 heavy (non-hydrogen) atoms. The van der Waals surface area contributed by atoms with E-state index >= 15 is 0 Å². The number of quaternary nitrogens is 1. The van der Waals surface area contributed by atoms with Gasteiger partial charge in [0.2, 0.25) is 0 Å². The van der Waals surface area contributed by atoms with Crippen molar-refractivity contribution in [1.82, 2.24) is 9.88 Å². The van der Waals surface area contributed by atoms with E-state index in [1.54, 1.807) is 4.90 Å². The molecule has 0 saturated heterocycles. The molecule has 3 heterocycles. The molecule has 5 heteroatoms. The van der Waals surface area contributed by atoms with Crippen molar-refractivity contribution in [3.8, 4) is 0 Å². The van der Waals surface area contributed by atoms with E-state index in [-0.39, 0.29) is 6.09 Å². The van der Waals surface area contributed by atoms with Crippen LogP contribution < -0.4 is 4.90 Å². The van der Waals surface area contributed by atoms with Gasteiger partial charge in [0.15, 0.2) is 0 Å². The van der Waals surface area contributed by atoms with Gasteiger partial charge in [-0.2, -0.15) is 0 Å². The summed E-state index contributed by atoms with van der Waals surface area (Å²) < 4.78 is 5.43. The number of carbonyl (C=O) groups is 1. The summed E-state index contributed by atoms with van der Waals surface area (Å²) in [6, 6.07) is 2.04. The van der Waals surface area contributed by atoms with Crippen molar-refractivity contribution in [1.29, 1.82) is 0 Å². The van der Waals surface area contributed by atoms with E-state index in [1.165, 1.54) is 16.2 Å². The second-order valence-corrected chi connectivity index (χ2v) is 6.88. The molecule has 1 atom stereocenters. The van der Waals surface area contributed by atoms with Gasteiger partial charge >= 0.3 is 6.09 Å². The Kier molecular flexibility index (Phi) is 3.68. The van der Waals surface area contributed by atoms with Crippen molar-refractivity contribution in [3.63, 3.8) is 0 Å². The van der Waals surface area contributed by atoms with Crippen LogP contribution in [0.25, 0.3) is 5.57 Å². The van der Waals surface area contributed by atoms with Crippen LogP contribution in [0.4, 0.5) is 10.5 Å². The molecule has 1 aromatic heterocycles. The van der Waals surface area contributed by atoms with Crippen LogP contribution in [0, 0.1) is 7.05 Å². The van der Waals surface area contributed by atoms with Gasteiger partial charge in [-0.25, -0.2) is 4.79 Å². The van der Waals surface area contributed by atoms with Crippen LogP contribution in [0.1, 0.15) is 32.0 Å². The normalized spacial score (nSPS) is 20.8. The summed E-state index contributed by atoms with van der Waals surface area (Å²) in [6.07, 6.45) is 4.63. The third kappa shape index (κ3) is 2.86. The highest BCUT2D eigenvalue weighted by atomic mass is 16.6. The number of hydrogen-bond donors (Lipinski definition) is 1. The zero-order valence-corrected chi connectivity index (χ0v) is 13.5. The van der Waals surface area contributed by atoms with Gasteiger partial charge in [0.05, 0.1) is 18.8 Å². The van der Waals surface area contributed by atoms with Crippen molar-refractivity contribution >= 4 is 17.4 Å². The number of pyridine rings is 1. The third-order valence-corrected chi connectivity index (χ3v) is 3.99. The summed E-state index contributed by atoms with van der Waals surface area (Å²) in [6.45, 7) is 7.78. The minimum Gasteiger partial charge on any atom is -0.444 e. The first-order valence-corrected chi connectivity index (χ1v) is 7.68. The summed E-state index contributed by atoms with van der Waals surface area (Å²) in [4.78, 5) is 19.6. The quantitative estimate of drug-likeness (QED) is 0.801. The minimum absolute atomic E-state index is 0.268. The van der Waals surface area contributed by atoms with Crippen LogP contribution in [0.5, 0.6) is 0 Å². The van der Waals surface area contributed by atoms with Crippen molar-refractivity contribution in [2.45, 2.75) is 32.8 Å². The van der Waals surface area contributed by atoms with Crippen LogP contribution in [-0.2, 0) is 11.2 Å². The molecule has 2 aliphatic rings. The molecule has 1 unspecified atom stereocenters. The number of nitrogens with zero attached hydrogens (tertiary/aromatic N) is 2. The Bertz CT molecular complexity index is 631. The maximum atomic E-state index is 12.2. The molecule has 0 spiro atoms. The van der Waals surface area contributed by atoms with Crippen molar-refractivity contribution < 1.29 is 14.4 Å². The standard InChI is InChI=1S/C17H23N3O2/c1-17(2,3)22-16(21)20-10-6-12(11-20)15-13-7-9-19(4)14(13)5-8-18-15/h5-6,8,19H,4,7,9-11H2,1-3H3. The van der Waals surface area contributed by atoms with Gasteiger partial charge < -0.3 is 14.5 Å². The fourth-order valence-electron chi connectivity index (χ4n) is 2.96. The van der Waals surface area contributed by atoms with E-state index in [9.17, 15) is 4.79 Å². The van der Waals surface area contributed by atoms with E-state index < -0.39 is 5.60 Å². The van der Waals surface area contributed by atoms with E-state index in [2.05, 4.69) is 18.1 Å². The van der Waals surface area contributed by atoms with Crippen LogP contribution in [-0.4, -0.2) is 41.2 Å². The van der Waals surface area contributed by atoms with Gasteiger partial charge in [-0.05, 0) is 26.3 Å². The second kappa shape index (κ2) is 5.39. The summed E-state index contributed by atoms with van der Waals surface area (Å²) >= 11 is 0. The first-order valence-electron chi connectivity index (χ1n) is 7.68. The molecule has 1 N–H and O–H groups in total. The predicted molar refractivity (Wildman–Crippen MR) is 84.6 cm³/mol. The van der Waals surface area contributed by atoms with Crippen LogP contribution in [0.15, 0.2) is 18.3 Å². The highest BCUT2D eigenvalue weighted by Crippen LogP contribution is 2.28. The molecule has 118 valence electrons. The lowest BCUT2D eigenvalue weighted by atomic mass is 10.0. The Hall–Kier alpha value is -1.88. The Balaban J connectivity index is 1.75. The first kappa shape index (κ1) is 15.0. The van der Waals surface area contributed by atoms with Gasteiger partial charge in [0.25, 0.3) is 0 Å². The molecule has 0 aliphatic carbocycles. The van der Waals surface area contributed by atoms with Crippen LogP contribution >= 0.6 is 0 Å². The maximum Gasteiger partial charge on any atom is 0.410 e. The van der Waals surface area contributed by atoms with Crippen molar-refractivity contribution in [2.75, 3.05) is 19.6 Å². The average Bonchev–Trinajstić information content (AvgIpc) is 3.04. The number of hydrogen-bond acceptors (Lipinski definition) is 3. The lowest BCUT2D eigenvalue weighted by Gasteiger charge is -2.24. The van der Waals surface area contributed by atoms with Gasteiger partial charge in [0.1, 0.15) is 11.3 Å². The minimum atomic E-state index is -0.468. The van der Waals surface area contributed by atoms with Crippen molar-refractivity contribution in [2.24, 2.45) is 0 Å². The third-order valence-electron chi connectivity index (χ3n) is 3.99. The summed E-state index contributed by atoms with van der Waals surface area (Å²) in [7, 11) is 4.11. The Morgan fingerprint density at radius 1 is 1.45 bits per heavy atom. The number of ether oxygens (including phenoxy) is 1. The molecule has 0 fully saturated rings. The monoisotopic (exact) mass is 301 g/mol. The molecule has 0 saturated carbocycles. The smallest absolute Gasteiger partial charge is 0.410 e. The number of carbonyl (C=O) groups excluding carboxylic acids is 1. The number of aromatic nitrogens is 1. The second-order valence-electron chi connectivity index (χ2n) is 6.88.